The summed E-state index contributed by atoms with van der Waals surface area (Å²) in [6.45, 7) is 2.22. The van der Waals surface area contributed by atoms with Gasteiger partial charge in [-0.2, -0.15) is 22.0 Å². The Morgan fingerprint density at radius 2 is 1.87 bits per heavy atom. The molecular weight excluding hydrogens is 408 g/mol. The van der Waals surface area contributed by atoms with Crippen LogP contribution in [0.5, 0.6) is 0 Å². The minimum atomic E-state index is -3.47. The summed E-state index contributed by atoms with van der Waals surface area (Å²) in [7, 11) is -3.47. The third-order valence-corrected chi connectivity index (χ3v) is 7.52. The van der Waals surface area contributed by atoms with E-state index in [-0.39, 0.29) is 18.4 Å². The van der Waals surface area contributed by atoms with Crippen LogP contribution in [0, 0.1) is 5.92 Å². The maximum atomic E-state index is 12.8. The summed E-state index contributed by atoms with van der Waals surface area (Å²) in [6.07, 6.45) is 6.90. The Bertz CT molecular complexity index is 958. The second-order valence-electron chi connectivity index (χ2n) is 7.60. The molecule has 0 aliphatic carbocycles. The molecule has 11 heteroatoms. The van der Waals surface area contributed by atoms with Gasteiger partial charge in [0.1, 0.15) is 0 Å². The second-order valence-corrected chi connectivity index (χ2v) is 9.53. The molecule has 2 aromatic rings. The van der Waals surface area contributed by atoms with Crippen molar-refractivity contribution in [2.45, 2.75) is 32.1 Å². The Kier molecular flexibility index (Phi) is 6.40. The number of amides is 1. The normalized spacial score (nSPS) is 21.0. The molecule has 10 nitrogen and oxygen atoms in total. The third-order valence-electron chi connectivity index (χ3n) is 5.52. The first kappa shape index (κ1) is 20.9. The molecular formula is C19H26N6O4S. The van der Waals surface area contributed by atoms with Crippen LogP contribution in [0.3, 0.4) is 0 Å². The molecule has 2 aliphatic heterocycles. The molecule has 2 saturated heterocycles. The number of carbonyl (C=O) groups excluding carboxylic acids is 1. The molecule has 1 N–H and O–H groups in total. The summed E-state index contributed by atoms with van der Waals surface area (Å²) in [5, 5.41) is 6.83. The largest absolute Gasteiger partial charge is 0.355 e. The lowest BCUT2D eigenvalue weighted by Gasteiger charge is -2.33. The first-order valence-corrected chi connectivity index (χ1v) is 11.7. The Hall–Kier alpha value is -2.37. The van der Waals surface area contributed by atoms with Crippen LogP contribution in [0.2, 0.25) is 0 Å². The molecule has 1 unspecified atom stereocenters. The van der Waals surface area contributed by atoms with Gasteiger partial charge in [-0.25, -0.2) is 0 Å². The number of nitrogens with one attached hydrogen (secondary N) is 1. The molecule has 162 valence electrons. The quantitative estimate of drug-likeness (QED) is 0.685. The Morgan fingerprint density at radius 3 is 2.63 bits per heavy atom. The fourth-order valence-corrected chi connectivity index (χ4v) is 5.63. The highest BCUT2D eigenvalue weighted by Crippen LogP contribution is 2.23. The smallest absolute Gasteiger partial charge is 0.281 e. The van der Waals surface area contributed by atoms with E-state index in [1.165, 1.54) is 8.61 Å². The first-order chi connectivity index (χ1) is 14.5. The van der Waals surface area contributed by atoms with Gasteiger partial charge in [-0.05, 0) is 37.8 Å². The van der Waals surface area contributed by atoms with Crippen LogP contribution in [0.1, 0.15) is 31.5 Å². The van der Waals surface area contributed by atoms with Crippen molar-refractivity contribution in [3.63, 3.8) is 0 Å². The summed E-state index contributed by atoms with van der Waals surface area (Å²) < 4.78 is 33.8. The van der Waals surface area contributed by atoms with Gasteiger partial charge in [-0.15, -0.1) is 0 Å². The SMILES string of the molecule is O=C(NCCc1noc(-c2ccncc2)n1)C1CCCN(S(=O)(=O)N2CCCC2)C1. The van der Waals surface area contributed by atoms with Crippen LogP contribution in [0.15, 0.2) is 29.0 Å². The maximum Gasteiger partial charge on any atom is 0.281 e. The maximum absolute atomic E-state index is 12.8. The van der Waals surface area contributed by atoms with E-state index in [1.807, 2.05) is 0 Å². The number of carbonyl (C=O) groups is 1. The van der Waals surface area contributed by atoms with Gasteiger partial charge in [0.25, 0.3) is 16.1 Å². The number of hydrogen-bond acceptors (Lipinski definition) is 7. The summed E-state index contributed by atoms with van der Waals surface area (Å²) in [4.78, 5) is 20.9. The second kappa shape index (κ2) is 9.19. The monoisotopic (exact) mass is 434 g/mol. The van der Waals surface area contributed by atoms with Gasteiger partial charge >= 0.3 is 0 Å². The van der Waals surface area contributed by atoms with Gasteiger partial charge in [0.15, 0.2) is 5.82 Å². The van der Waals surface area contributed by atoms with E-state index in [2.05, 4.69) is 20.4 Å². The number of rotatable bonds is 7. The van der Waals surface area contributed by atoms with E-state index in [0.717, 1.165) is 18.4 Å². The number of pyridine rings is 1. The molecule has 0 bridgehead atoms. The van der Waals surface area contributed by atoms with Crippen molar-refractivity contribution in [3.05, 3.63) is 30.4 Å². The molecule has 0 radical (unpaired) electrons. The molecule has 2 aromatic heterocycles. The molecule has 0 saturated carbocycles. The lowest BCUT2D eigenvalue weighted by molar-refractivity contribution is -0.126. The van der Waals surface area contributed by atoms with E-state index >= 15 is 0 Å². The highest BCUT2D eigenvalue weighted by Gasteiger charge is 2.36. The number of nitrogens with zero attached hydrogens (tertiary/aromatic N) is 5. The summed E-state index contributed by atoms with van der Waals surface area (Å²) in [5.74, 6) is 0.445. The molecule has 0 spiro atoms. The van der Waals surface area contributed by atoms with Gasteiger partial charge in [-0.1, -0.05) is 5.16 Å². The number of aromatic nitrogens is 3. The van der Waals surface area contributed by atoms with Gasteiger partial charge < -0.3 is 9.84 Å². The van der Waals surface area contributed by atoms with Crippen molar-refractivity contribution in [2.24, 2.45) is 5.92 Å². The molecule has 0 aromatic carbocycles. The Morgan fingerprint density at radius 1 is 1.13 bits per heavy atom. The topological polar surface area (TPSA) is 122 Å². The van der Waals surface area contributed by atoms with E-state index in [4.69, 9.17) is 4.52 Å². The predicted molar refractivity (Wildman–Crippen MR) is 108 cm³/mol. The molecule has 4 heterocycles. The summed E-state index contributed by atoms with van der Waals surface area (Å²) in [5.41, 5.74) is 0.786. The van der Waals surface area contributed by atoms with Gasteiger partial charge in [0, 0.05) is 57.1 Å². The predicted octanol–water partition coefficient (Wildman–Crippen LogP) is 0.843. The fraction of sp³-hybridized carbons (Fsp3) is 0.579. The van der Waals surface area contributed by atoms with E-state index < -0.39 is 10.2 Å². The molecule has 1 amide bonds. The van der Waals surface area contributed by atoms with Crippen LogP contribution < -0.4 is 5.32 Å². The molecule has 1 atom stereocenters. The number of piperidine rings is 1. The van der Waals surface area contributed by atoms with Gasteiger partial charge in [-0.3, -0.25) is 9.78 Å². The fourth-order valence-electron chi connectivity index (χ4n) is 3.86. The van der Waals surface area contributed by atoms with Crippen molar-refractivity contribution in [3.8, 4) is 11.5 Å². The van der Waals surface area contributed by atoms with Crippen molar-refractivity contribution < 1.29 is 17.7 Å². The lowest BCUT2D eigenvalue weighted by atomic mass is 9.99. The van der Waals surface area contributed by atoms with E-state index in [1.54, 1.807) is 24.5 Å². The average molecular weight is 435 g/mol. The third kappa shape index (κ3) is 4.68. The van der Waals surface area contributed by atoms with Crippen LogP contribution in [-0.4, -0.2) is 70.8 Å². The molecule has 2 aliphatic rings. The van der Waals surface area contributed by atoms with Gasteiger partial charge in [0.2, 0.25) is 5.91 Å². The highest BCUT2D eigenvalue weighted by atomic mass is 32.2. The zero-order chi connectivity index (χ0) is 21.0. The lowest BCUT2D eigenvalue weighted by Crippen LogP contribution is -2.50. The highest BCUT2D eigenvalue weighted by molar-refractivity contribution is 7.86. The van der Waals surface area contributed by atoms with Crippen LogP contribution in [0.4, 0.5) is 0 Å². The van der Waals surface area contributed by atoms with Crippen LogP contribution in [-0.2, 0) is 21.4 Å². The molecule has 2 fully saturated rings. The molecule has 4 rings (SSSR count). The zero-order valence-corrected chi connectivity index (χ0v) is 17.6. The standard InChI is InChI=1S/C19H26N6O4S/c26-18(16-4-3-13-25(14-16)30(27,28)24-11-1-2-12-24)21-10-7-17-22-19(29-23-17)15-5-8-20-9-6-15/h5-6,8-9,16H,1-4,7,10-14H2,(H,21,26). The Balaban J connectivity index is 1.27. The van der Waals surface area contributed by atoms with E-state index in [9.17, 15) is 13.2 Å². The average Bonchev–Trinajstić information content (AvgIpc) is 3.47. The Labute approximate surface area is 175 Å². The van der Waals surface area contributed by atoms with Gasteiger partial charge in [0.05, 0.1) is 5.92 Å². The summed E-state index contributed by atoms with van der Waals surface area (Å²) >= 11 is 0. The molecule has 30 heavy (non-hydrogen) atoms. The number of hydrogen-bond donors (Lipinski definition) is 1. The summed E-state index contributed by atoms with van der Waals surface area (Å²) in [6, 6.07) is 3.56. The van der Waals surface area contributed by atoms with Crippen LogP contribution >= 0.6 is 0 Å². The first-order valence-electron chi connectivity index (χ1n) is 10.3. The van der Waals surface area contributed by atoms with Crippen molar-refractivity contribution in [2.75, 3.05) is 32.7 Å². The van der Waals surface area contributed by atoms with Crippen molar-refractivity contribution >= 4 is 16.1 Å². The zero-order valence-electron chi connectivity index (χ0n) is 16.7. The minimum absolute atomic E-state index is 0.130. The minimum Gasteiger partial charge on any atom is -0.355 e. The van der Waals surface area contributed by atoms with Crippen molar-refractivity contribution in [1.82, 2.24) is 29.1 Å². The van der Waals surface area contributed by atoms with E-state index in [0.29, 0.717) is 57.2 Å². The van der Waals surface area contributed by atoms with Crippen molar-refractivity contribution in [1.29, 1.82) is 0 Å². The van der Waals surface area contributed by atoms with Crippen LogP contribution in [0.25, 0.3) is 11.5 Å².